The van der Waals surface area contributed by atoms with Gasteiger partial charge in [0.2, 0.25) is 11.8 Å². The molecule has 7 rings (SSSR count). The van der Waals surface area contributed by atoms with Crippen LogP contribution < -0.4 is 14.4 Å². The van der Waals surface area contributed by atoms with Crippen molar-refractivity contribution in [3.63, 3.8) is 0 Å². The van der Waals surface area contributed by atoms with Crippen LogP contribution in [0.25, 0.3) is 22.2 Å². The van der Waals surface area contributed by atoms with Crippen molar-refractivity contribution < 1.29 is 19.4 Å². The summed E-state index contributed by atoms with van der Waals surface area (Å²) in [5.41, 5.74) is 6.05. The molecule has 2 aromatic heterocycles. The van der Waals surface area contributed by atoms with Crippen LogP contribution in [0.5, 0.6) is 11.8 Å². The fourth-order valence-electron chi connectivity index (χ4n) is 7.15. The number of fused-ring (bicyclic) bond motifs is 1. The summed E-state index contributed by atoms with van der Waals surface area (Å²) in [6.45, 7) is 7.86. The van der Waals surface area contributed by atoms with Crippen LogP contribution in [0.1, 0.15) is 30.9 Å². The van der Waals surface area contributed by atoms with Gasteiger partial charge < -0.3 is 24.4 Å². The van der Waals surface area contributed by atoms with Crippen molar-refractivity contribution in [1.29, 1.82) is 0 Å². The molecule has 2 fully saturated rings. The molecule has 0 saturated carbocycles. The summed E-state index contributed by atoms with van der Waals surface area (Å²) in [6.07, 6.45) is 1.38. The third-order valence-electron chi connectivity index (χ3n) is 9.86. The third-order valence-corrected chi connectivity index (χ3v) is 9.86. The molecule has 1 amide bonds. The molecule has 2 aliphatic rings. The first-order valence-electron chi connectivity index (χ1n) is 17.2. The first kappa shape index (κ1) is 32.5. The maximum absolute atomic E-state index is 11.4. The average Bonchev–Trinajstić information content (AvgIpc) is 3.48. The quantitative estimate of drug-likeness (QED) is 0.177. The van der Waals surface area contributed by atoms with Gasteiger partial charge in [-0.1, -0.05) is 72.8 Å². The van der Waals surface area contributed by atoms with E-state index in [9.17, 15) is 9.90 Å². The number of piperidine rings is 1. The van der Waals surface area contributed by atoms with Crippen LogP contribution in [0, 0.1) is 5.92 Å². The molecule has 0 bridgehead atoms. The number of carboxylic acid groups (broad SMARTS) is 1. The zero-order valence-electron chi connectivity index (χ0n) is 28.2. The van der Waals surface area contributed by atoms with Crippen molar-refractivity contribution in [1.82, 2.24) is 24.6 Å². The lowest BCUT2D eigenvalue weighted by molar-refractivity contribution is 0.0632. The summed E-state index contributed by atoms with van der Waals surface area (Å²) in [7, 11) is 2.01. The summed E-state index contributed by atoms with van der Waals surface area (Å²) in [6, 6.07) is 30.7. The number of carbonyl (C=O) groups is 1. The number of aromatic nitrogens is 3. The minimum atomic E-state index is -0.815. The lowest BCUT2D eigenvalue weighted by atomic mass is 9.94. The van der Waals surface area contributed by atoms with Crippen LogP contribution in [0.15, 0.2) is 91.0 Å². The minimum Gasteiger partial charge on any atom is -0.473 e. The number of pyridine rings is 1. The number of rotatable bonds is 10. The molecular weight excluding hydrogens is 616 g/mol. The average molecular weight is 661 g/mol. The Morgan fingerprint density at radius 3 is 2.20 bits per heavy atom. The van der Waals surface area contributed by atoms with Crippen molar-refractivity contribution in [2.75, 3.05) is 44.2 Å². The van der Waals surface area contributed by atoms with Gasteiger partial charge in [0.15, 0.2) is 0 Å². The monoisotopic (exact) mass is 660 g/mol. The molecule has 5 aromatic rings. The predicted octanol–water partition coefficient (Wildman–Crippen LogP) is 6.69. The molecule has 1 N–H and O–H groups in total. The van der Waals surface area contributed by atoms with Gasteiger partial charge in [0.1, 0.15) is 18.9 Å². The first-order chi connectivity index (χ1) is 23.9. The van der Waals surface area contributed by atoms with E-state index >= 15 is 0 Å². The summed E-state index contributed by atoms with van der Waals surface area (Å²) in [5, 5.41) is 15.5. The molecular formula is C39H44N6O4. The largest absolute Gasteiger partial charge is 0.473 e. The molecule has 4 heterocycles. The Balaban J connectivity index is 1.10. The van der Waals surface area contributed by atoms with E-state index in [1.54, 1.807) is 0 Å². The maximum Gasteiger partial charge on any atom is 0.407 e. The molecule has 2 aliphatic heterocycles. The van der Waals surface area contributed by atoms with Crippen LogP contribution in [0.3, 0.4) is 0 Å². The Morgan fingerprint density at radius 1 is 0.837 bits per heavy atom. The molecule has 0 aliphatic carbocycles. The molecule has 10 heteroatoms. The van der Waals surface area contributed by atoms with E-state index in [1.807, 2.05) is 84.5 Å². The zero-order chi connectivity index (χ0) is 33.7. The molecule has 0 unspecified atom stereocenters. The highest BCUT2D eigenvalue weighted by Crippen LogP contribution is 2.39. The van der Waals surface area contributed by atoms with Crippen molar-refractivity contribution in [3.05, 3.63) is 102 Å². The summed E-state index contributed by atoms with van der Waals surface area (Å²) in [4.78, 5) is 22.8. The molecule has 3 aromatic carbocycles. The Morgan fingerprint density at radius 2 is 1.53 bits per heavy atom. The number of aryl methyl sites for hydroxylation is 1. The molecule has 49 heavy (non-hydrogen) atoms. The van der Waals surface area contributed by atoms with E-state index in [4.69, 9.17) is 19.6 Å². The van der Waals surface area contributed by atoms with Gasteiger partial charge in [-0.25, -0.2) is 4.79 Å². The van der Waals surface area contributed by atoms with Gasteiger partial charge in [0.25, 0.3) is 0 Å². The van der Waals surface area contributed by atoms with Gasteiger partial charge in [-0.2, -0.15) is 10.1 Å². The number of piperazine rings is 1. The number of hydrogen-bond acceptors (Lipinski definition) is 7. The van der Waals surface area contributed by atoms with Crippen LogP contribution in [0.4, 0.5) is 10.5 Å². The maximum atomic E-state index is 11.4. The van der Waals surface area contributed by atoms with E-state index in [1.165, 1.54) is 10.6 Å². The number of amides is 1. The van der Waals surface area contributed by atoms with Crippen LogP contribution >= 0.6 is 0 Å². The summed E-state index contributed by atoms with van der Waals surface area (Å²) < 4.78 is 14.5. The fourth-order valence-corrected chi connectivity index (χ4v) is 7.15. The van der Waals surface area contributed by atoms with Crippen molar-refractivity contribution in [2.24, 2.45) is 13.0 Å². The van der Waals surface area contributed by atoms with Gasteiger partial charge in [-0.3, -0.25) is 9.58 Å². The zero-order valence-corrected chi connectivity index (χ0v) is 28.2. The number of nitrogens with zero attached hydrogens (tertiary/aromatic N) is 6. The van der Waals surface area contributed by atoms with Crippen molar-refractivity contribution in [3.8, 4) is 23.0 Å². The smallest absolute Gasteiger partial charge is 0.407 e. The Bertz CT molecular complexity index is 1870. The van der Waals surface area contributed by atoms with Crippen LogP contribution in [-0.2, 0) is 20.3 Å². The second-order valence-electron chi connectivity index (χ2n) is 13.2. The van der Waals surface area contributed by atoms with E-state index in [0.717, 1.165) is 72.3 Å². The van der Waals surface area contributed by atoms with E-state index in [-0.39, 0.29) is 6.04 Å². The minimum absolute atomic E-state index is 0.241. The normalized spacial score (nSPS) is 17.4. The highest BCUT2D eigenvalue weighted by Gasteiger charge is 2.30. The molecule has 1 atom stereocenters. The Labute approximate surface area is 287 Å². The van der Waals surface area contributed by atoms with Gasteiger partial charge in [0.05, 0.1) is 16.8 Å². The standard InChI is InChI=1S/C39H44N6O4/c1-28-24-45(39(46)47)23-22-44(28)25-29-18-20-43(21-19-29)34-15-9-14-32-36(41-42(2)37(32)34)33-16-17-35(48-26-30-10-5-3-6-11-30)40-38(33)49-27-31-12-7-4-8-13-31/h3-17,28-29H,18-27H2,1-2H3,(H,46,47)/t28-/m1/s1. The van der Waals surface area contributed by atoms with E-state index in [0.29, 0.717) is 44.0 Å². The number of ether oxygens (including phenoxy) is 2. The number of para-hydroxylation sites is 1. The molecule has 0 spiro atoms. The number of benzene rings is 3. The van der Waals surface area contributed by atoms with Gasteiger partial charge in [-0.15, -0.1) is 0 Å². The van der Waals surface area contributed by atoms with Crippen LogP contribution in [0.2, 0.25) is 0 Å². The first-order valence-corrected chi connectivity index (χ1v) is 17.2. The van der Waals surface area contributed by atoms with Crippen molar-refractivity contribution in [2.45, 2.75) is 39.0 Å². The molecule has 2 saturated heterocycles. The summed E-state index contributed by atoms with van der Waals surface area (Å²) >= 11 is 0. The number of anilines is 1. The van der Waals surface area contributed by atoms with Crippen LogP contribution in [-0.4, -0.2) is 81.1 Å². The molecule has 10 nitrogen and oxygen atoms in total. The lowest BCUT2D eigenvalue weighted by Crippen LogP contribution is -2.54. The fraction of sp³-hybridized carbons (Fsp3) is 0.359. The Kier molecular flexibility index (Phi) is 9.65. The highest BCUT2D eigenvalue weighted by molar-refractivity contribution is 6.01. The number of hydrogen-bond donors (Lipinski definition) is 1. The summed E-state index contributed by atoms with van der Waals surface area (Å²) in [5.74, 6) is 1.58. The highest BCUT2D eigenvalue weighted by atomic mass is 16.5. The van der Waals surface area contributed by atoms with E-state index < -0.39 is 6.09 Å². The predicted molar refractivity (Wildman–Crippen MR) is 191 cm³/mol. The molecule has 0 radical (unpaired) electrons. The SMILES string of the molecule is C[C@@H]1CN(C(=O)O)CCN1CC1CCN(c2cccc3c(-c4ccc(OCc5ccccc5)nc4OCc4ccccc4)nn(C)c23)CC1. The second kappa shape index (κ2) is 14.6. The second-order valence-corrected chi connectivity index (χ2v) is 13.2. The molecule has 254 valence electrons. The van der Waals surface area contributed by atoms with Gasteiger partial charge >= 0.3 is 6.09 Å². The topological polar surface area (TPSA) is 96.2 Å². The van der Waals surface area contributed by atoms with Crippen molar-refractivity contribution >= 4 is 22.7 Å². The van der Waals surface area contributed by atoms with E-state index in [2.05, 4.69) is 34.9 Å². The lowest BCUT2D eigenvalue weighted by Gasteiger charge is -2.42. The third kappa shape index (κ3) is 7.34. The van der Waals surface area contributed by atoms with Gasteiger partial charge in [-0.05, 0) is 48.9 Å². The Hall–Kier alpha value is -5.09. The van der Waals surface area contributed by atoms with Gasteiger partial charge in [0, 0.05) is 63.8 Å².